The molecule has 0 unspecified atom stereocenters. The Bertz CT molecular complexity index is 654. The molecule has 1 aromatic carbocycles. The van der Waals surface area contributed by atoms with Crippen molar-refractivity contribution >= 4 is 11.9 Å². The molecule has 2 rings (SSSR count). The van der Waals surface area contributed by atoms with Crippen LogP contribution in [0.3, 0.4) is 0 Å². The number of ether oxygens (including phenoxy) is 2. The number of hydrogen-bond donors (Lipinski definition) is 1. The largest absolute Gasteiger partial charge is 0.456 e. The van der Waals surface area contributed by atoms with Gasteiger partial charge in [-0.25, -0.2) is 4.79 Å². The zero-order valence-electron chi connectivity index (χ0n) is 13.0. The van der Waals surface area contributed by atoms with Crippen LogP contribution in [-0.2, 0) is 9.53 Å². The van der Waals surface area contributed by atoms with Gasteiger partial charge < -0.3 is 14.8 Å². The van der Waals surface area contributed by atoms with Crippen molar-refractivity contribution in [2.75, 3.05) is 6.61 Å². The molecule has 2 aromatic rings. The summed E-state index contributed by atoms with van der Waals surface area (Å²) >= 11 is 0. The molecule has 0 aliphatic rings. The molecule has 0 fully saturated rings. The van der Waals surface area contributed by atoms with Gasteiger partial charge in [0.1, 0.15) is 11.5 Å². The number of carbonyl (C=O) groups is 2. The molecule has 0 spiro atoms. The summed E-state index contributed by atoms with van der Waals surface area (Å²) in [5, 5.41) is 2.64. The fourth-order valence-electron chi connectivity index (χ4n) is 1.78. The topological polar surface area (TPSA) is 77.5 Å². The van der Waals surface area contributed by atoms with Crippen LogP contribution in [0.1, 0.15) is 24.2 Å². The second kappa shape index (κ2) is 7.93. The first-order valence-electron chi connectivity index (χ1n) is 7.19. The highest BCUT2D eigenvalue weighted by molar-refractivity contribution is 5.91. The van der Waals surface area contributed by atoms with Crippen molar-refractivity contribution in [3.8, 4) is 11.5 Å². The van der Waals surface area contributed by atoms with Crippen molar-refractivity contribution in [2.24, 2.45) is 0 Å². The van der Waals surface area contributed by atoms with E-state index in [0.717, 1.165) is 0 Å². The lowest BCUT2D eigenvalue weighted by Gasteiger charge is -2.09. The Morgan fingerprint density at radius 2 is 1.87 bits per heavy atom. The number of nitrogens with one attached hydrogen (secondary N) is 1. The van der Waals surface area contributed by atoms with E-state index in [0.29, 0.717) is 17.1 Å². The van der Waals surface area contributed by atoms with Crippen LogP contribution in [0.4, 0.5) is 0 Å². The molecule has 6 heteroatoms. The predicted molar refractivity (Wildman–Crippen MR) is 84.3 cm³/mol. The monoisotopic (exact) mass is 314 g/mol. The molecule has 0 saturated heterocycles. The van der Waals surface area contributed by atoms with Crippen LogP contribution in [0.5, 0.6) is 11.5 Å². The average Bonchev–Trinajstić information content (AvgIpc) is 2.54. The van der Waals surface area contributed by atoms with Gasteiger partial charge in [0.05, 0.1) is 11.8 Å². The number of nitrogens with zero attached hydrogens (tertiary/aromatic N) is 1. The lowest BCUT2D eigenvalue weighted by Crippen LogP contribution is -2.33. The van der Waals surface area contributed by atoms with Crippen molar-refractivity contribution in [3.05, 3.63) is 54.4 Å². The minimum atomic E-state index is -0.558. The number of amides is 1. The number of esters is 1. The summed E-state index contributed by atoms with van der Waals surface area (Å²) in [7, 11) is 0. The highest BCUT2D eigenvalue weighted by atomic mass is 16.5. The number of carbonyl (C=O) groups excluding carboxylic acids is 2. The molecule has 1 aromatic heterocycles. The van der Waals surface area contributed by atoms with Gasteiger partial charge in [-0.2, -0.15) is 0 Å². The second-order valence-corrected chi connectivity index (χ2v) is 5.11. The minimum absolute atomic E-state index is 0.00473. The Morgan fingerprint density at radius 1 is 1.13 bits per heavy atom. The van der Waals surface area contributed by atoms with E-state index in [2.05, 4.69) is 10.3 Å². The summed E-state index contributed by atoms with van der Waals surface area (Å²) in [4.78, 5) is 27.2. The quantitative estimate of drug-likeness (QED) is 0.829. The highest BCUT2D eigenvalue weighted by Crippen LogP contribution is 2.20. The molecule has 0 aliphatic carbocycles. The molecular formula is C17H18N2O4. The summed E-state index contributed by atoms with van der Waals surface area (Å²) in [6.45, 7) is 3.37. The van der Waals surface area contributed by atoms with Crippen LogP contribution in [0.2, 0.25) is 0 Å². The predicted octanol–water partition coefficient (Wildman–Crippen LogP) is 2.56. The molecule has 120 valence electrons. The maximum Gasteiger partial charge on any atom is 0.338 e. The summed E-state index contributed by atoms with van der Waals surface area (Å²) in [5.41, 5.74) is 0.348. The van der Waals surface area contributed by atoms with E-state index in [9.17, 15) is 9.59 Å². The SMILES string of the molecule is CC(C)NC(=O)COC(=O)c1ccc(Oc2cccnc2)cc1. The van der Waals surface area contributed by atoms with Gasteiger partial charge in [0.15, 0.2) is 6.61 Å². The number of aromatic nitrogens is 1. The summed E-state index contributed by atoms with van der Waals surface area (Å²) in [6, 6.07) is 10.0. The van der Waals surface area contributed by atoms with Gasteiger partial charge in [-0.1, -0.05) is 0 Å². The number of hydrogen-bond acceptors (Lipinski definition) is 5. The Balaban J connectivity index is 1.89. The highest BCUT2D eigenvalue weighted by Gasteiger charge is 2.11. The van der Waals surface area contributed by atoms with E-state index in [-0.39, 0.29) is 18.6 Å². The zero-order chi connectivity index (χ0) is 16.7. The van der Waals surface area contributed by atoms with E-state index in [1.54, 1.807) is 48.8 Å². The van der Waals surface area contributed by atoms with Gasteiger partial charge in [0.25, 0.3) is 5.91 Å². The van der Waals surface area contributed by atoms with Crippen molar-refractivity contribution in [1.29, 1.82) is 0 Å². The normalized spacial score (nSPS) is 10.2. The van der Waals surface area contributed by atoms with Gasteiger partial charge >= 0.3 is 5.97 Å². The number of rotatable bonds is 6. The fourth-order valence-corrected chi connectivity index (χ4v) is 1.78. The van der Waals surface area contributed by atoms with E-state index < -0.39 is 5.97 Å². The Hall–Kier alpha value is -2.89. The standard InChI is InChI=1S/C17H18N2O4/c1-12(2)19-16(20)11-22-17(21)13-5-7-14(8-6-13)23-15-4-3-9-18-10-15/h3-10,12H,11H2,1-2H3,(H,19,20). The zero-order valence-corrected chi connectivity index (χ0v) is 13.0. The van der Waals surface area contributed by atoms with Gasteiger partial charge in [0, 0.05) is 12.2 Å². The molecular weight excluding hydrogens is 296 g/mol. The van der Waals surface area contributed by atoms with Crippen molar-refractivity contribution in [3.63, 3.8) is 0 Å². The van der Waals surface area contributed by atoms with E-state index >= 15 is 0 Å². The maximum absolute atomic E-state index is 11.9. The molecule has 1 N–H and O–H groups in total. The smallest absolute Gasteiger partial charge is 0.338 e. The van der Waals surface area contributed by atoms with Crippen LogP contribution < -0.4 is 10.1 Å². The third-order valence-electron chi connectivity index (χ3n) is 2.74. The average molecular weight is 314 g/mol. The van der Waals surface area contributed by atoms with Crippen molar-refractivity contribution in [2.45, 2.75) is 19.9 Å². The van der Waals surface area contributed by atoms with Gasteiger partial charge in [0.2, 0.25) is 0 Å². The maximum atomic E-state index is 11.9. The van der Waals surface area contributed by atoms with Gasteiger partial charge in [-0.05, 0) is 50.2 Å². The third-order valence-corrected chi connectivity index (χ3v) is 2.74. The Morgan fingerprint density at radius 3 is 2.48 bits per heavy atom. The first-order chi connectivity index (χ1) is 11.0. The lowest BCUT2D eigenvalue weighted by atomic mass is 10.2. The molecule has 1 heterocycles. The lowest BCUT2D eigenvalue weighted by molar-refractivity contribution is -0.124. The molecule has 23 heavy (non-hydrogen) atoms. The first kappa shape index (κ1) is 16.5. The molecule has 0 saturated carbocycles. The molecule has 0 atom stereocenters. The van der Waals surface area contributed by atoms with Crippen LogP contribution >= 0.6 is 0 Å². The molecule has 1 amide bonds. The Labute approximate surface area is 134 Å². The van der Waals surface area contributed by atoms with Crippen LogP contribution in [-0.4, -0.2) is 29.5 Å². The number of pyridine rings is 1. The van der Waals surface area contributed by atoms with E-state index in [1.165, 1.54) is 0 Å². The van der Waals surface area contributed by atoms with Crippen LogP contribution in [0, 0.1) is 0 Å². The van der Waals surface area contributed by atoms with Gasteiger partial charge in [-0.3, -0.25) is 9.78 Å². The summed E-state index contributed by atoms with van der Waals surface area (Å²) in [6.07, 6.45) is 3.25. The molecule has 6 nitrogen and oxygen atoms in total. The summed E-state index contributed by atoms with van der Waals surface area (Å²) in [5.74, 6) is 0.294. The minimum Gasteiger partial charge on any atom is -0.456 e. The first-order valence-corrected chi connectivity index (χ1v) is 7.19. The van der Waals surface area contributed by atoms with Gasteiger partial charge in [-0.15, -0.1) is 0 Å². The van der Waals surface area contributed by atoms with E-state index in [1.807, 2.05) is 13.8 Å². The number of benzene rings is 1. The Kier molecular flexibility index (Phi) is 5.68. The third kappa shape index (κ3) is 5.43. The van der Waals surface area contributed by atoms with Crippen molar-refractivity contribution < 1.29 is 19.1 Å². The second-order valence-electron chi connectivity index (χ2n) is 5.11. The van der Waals surface area contributed by atoms with E-state index in [4.69, 9.17) is 9.47 Å². The summed E-state index contributed by atoms with van der Waals surface area (Å²) < 4.78 is 10.5. The molecule has 0 aliphatic heterocycles. The van der Waals surface area contributed by atoms with Crippen LogP contribution in [0.15, 0.2) is 48.8 Å². The molecule has 0 bridgehead atoms. The fraction of sp³-hybridized carbons (Fsp3) is 0.235. The molecule has 0 radical (unpaired) electrons. The van der Waals surface area contributed by atoms with Crippen LogP contribution in [0.25, 0.3) is 0 Å². The van der Waals surface area contributed by atoms with Crippen molar-refractivity contribution in [1.82, 2.24) is 10.3 Å².